The van der Waals surface area contributed by atoms with Crippen molar-refractivity contribution in [2.45, 2.75) is 6.92 Å². The number of nitrogens with zero attached hydrogens (tertiary/aromatic N) is 2. The Hall–Kier alpha value is -2.34. The molecule has 0 fully saturated rings. The zero-order valence-corrected chi connectivity index (χ0v) is 11.4. The van der Waals surface area contributed by atoms with E-state index >= 15 is 0 Å². The van der Waals surface area contributed by atoms with Crippen molar-refractivity contribution in [2.75, 3.05) is 11.9 Å². The first-order valence-electron chi connectivity index (χ1n) is 5.85. The summed E-state index contributed by atoms with van der Waals surface area (Å²) in [5.74, 6) is -0.0733. The predicted octanol–water partition coefficient (Wildman–Crippen LogP) is 2.97. The van der Waals surface area contributed by atoms with Crippen molar-refractivity contribution in [3.63, 3.8) is 0 Å². The van der Waals surface area contributed by atoms with E-state index in [1.807, 2.05) is 6.92 Å². The van der Waals surface area contributed by atoms with Crippen LogP contribution < -0.4 is 10.1 Å². The van der Waals surface area contributed by atoms with Gasteiger partial charge in [-0.15, -0.1) is 0 Å². The molecule has 20 heavy (non-hydrogen) atoms. The Morgan fingerprint density at radius 3 is 2.85 bits per heavy atom. The van der Waals surface area contributed by atoms with Gasteiger partial charge in [0.2, 0.25) is 5.88 Å². The molecule has 0 aliphatic rings. The number of carboxylic acid groups (broad SMARTS) is 1. The molecule has 2 rings (SSSR count). The van der Waals surface area contributed by atoms with Crippen molar-refractivity contribution < 1.29 is 14.6 Å². The van der Waals surface area contributed by atoms with Gasteiger partial charge in [0.1, 0.15) is 12.1 Å². The molecular formula is C13H12ClN3O3. The number of carbonyl (C=O) groups is 1. The van der Waals surface area contributed by atoms with Gasteiger partial charge in [0.05, 0.1) is 22.9 Å². The van der Waals surface area contributed by atoms with Crippen molar-refractivity contribution in [2.24, 2.45) is 0 Å². The number of benzene rings is 1. The molecule has 0 atom stereocenters. The number of anilines is 2. The maximum atomic E-state index is 10.8. The summed E-state index contributed by atoms with van der Waals surface area (Å²) in [6, 6.07) is 6.04. The lowest BCUT2D eigenvalue weighted by Crippen LogP contribution is -2.00. The number of aromatic carboxylic acids is 1. The number of hydrogen-bond acceptors (Lipinski definition) is 5. The van der Waals surface area contributed by atoms with Gasteiger partial charge < -0.3 is 15.2 Å². The van der Waals surface area contributed by atoms with Crippen LogP contribution in [0.5, 0.6) is 5.88 Å². The third kappa shape index (κ3) is 3.36. The van der Waals surface area contributed by atoms with Gasteiger partial charge in [0.25, 0.3) is 0 Å². The summed E-state index contributed by atoms with van der Waals surface area (Å²) in [5, 5.41) is 12.1. The highest BCUT2D eigenvalue weighted by Gasteiger charge is 2.08. The molecule has 6 nitrogen and oxygen atoms in total. The predicted molar refractivity (Wildman–Crippen MR) is 74.9 cm³/mol. The van der Waals surface area contributed by atoms with Crippen LogP contribution in [-0.4, -0.2) is 27.7 Å². The van der Waals surface area contributed by atoms with Crippen LogP contribution in [0.25, 0.3) is 0 Å². The van der Waals surface area contributed by atoms with Gasteiger partial charge >= 0.3 is 5.97 Å². The van der Waals surface area contributed by atoms with E-state index in [1.165, 1.54) is 18.5 Å². The molecule has 2 aromatic rings. The van der Waals surface area contributed by atoms with Crippen LogP contribution in [-0.2, 0) is 0 Å². The fraction of sp³-hybridized carbons (Fsp3) is 0.154. The zero-order chi connectivity index (χ0) is 14.5. The lowest BCUT2D eigenvalue weighted by Gasteiger charge is -2.09. The van der Waals surface area contributed by atoms with Crippen LogP contribution in [0.3, 0.4) is 0 Å². The minimum Gasteiger partial charge on any atom is -0.478 e. The van der Waals surface area contributed by atoms with E-state index in [0.717, 1.165) is 0 Å². The van der Waals surface area contributed by atoms with Crippen molar-refractivity contribution in [3.05, 3.63) is 41.2 Å². The maximum absolute atomic E-state index is 10.8. The fourth-order valence-corrected chi connectivity index (χ4v) is 1.75. The normalized spacial score (nSPS) is 10.1. The Bertz CT molecular complexity index is 634. The number of aromatic nitrogens is 2. The van der Waals surface area contributed by atoms with Crippen LogP contribution in [0.2, 0.25) is 5.02 Å². The first-order valence-corrected chi connectivity index (χ1v) is 6.22. The Kier molecular flexibility index (Phi) is 4.37. The highest BCUT2D eigenvalue weighted by atomic mass is 35.5. The average Bonchev–Trinajstić information content (AvgIpc) is 2.42. The summed E-state index contributed by atoms with van der Waals surface area (Å²) in [4.78, 5) is 18.8. The van der Waals surface area contributed by atoms with Gasteiger partial charge in [-0.25, -0.2) is 14.8 Å². The van der Waals surface area contributed by atoms with E-state index in [2.05, 4.69) is 15.3 Å². The van der Waals surface area contributed by atoms with Crippen LogP contribution in [0.1, 0.15) is 17.3 Å². The molecule has 1 heterocycles. The smallest absolute Gasteiger partial charge is 0.335 e. The van der Waals surface area contributed by atoms with Crippen molar-refractivity contribution in [1.29, 1.82) is 0 Å². The van der Waals surface area contributed by atoms with E-state index in [1.54, 1.807) is 12.1 Å². The van der Waals surface area contributed by atoms with Crippen LogP contribution >= 0.6 is 11.6 Å². The third-order valence-corrected chi connectivity index (χ3v) is 2.73. The molecule has 0 spiro atoms. The number of carboxylic acids is 1. The van der Waals surface area contributed by atoms with Gasteiger partial charge in [0.15, 0.2) is 0 Å². The number of rotatable bonds is 5. The Labute approximate surface area is 120 Å². The molecule has 0 saturated carbocycles. The van der Waals surface area contributed by atoms with E-state index in [0.29, 0.717) is 29.0 Å². The molecule has 0 unspecified atom stereocenters. The monoisotopic (exact) mass is 293 g/mol. The van der Waals surface area contributed by atoms with Gasteiger partial charge in [-0.3, -0.25) is 0 Å². The largest absolute Gasteiger partial charge is 0.478 e. The summed E-state index contributed by atoms with van der Waals surface area (Å²) in [6.07, 6.45) is 1.37. The number of halogens is 1. The lowest BCUT2D eigenvalue weighted by molar-refractivity contribution is 0.0697. The molecule has 0 aliphatic heterocycles. The quantitative estimate of drug-likeness (QED) is 0.881. The molecule has 0 amide bonds. The molecule has 0 saturated heterocycles. The number of ether oxygens (including phenoxy) is 1. The molecular weight excluding hydrogens is 282 g/mol. The minimum atomic E-state index is -1.03. The van der Waals surface area contributed by atoms with E-state index < -0.39 is 5.97 Å². The summed E-state index contributed by atoms with van der Waals surface area (Å²) in [5.41, 5.74) is 0.677. The molecule has 0 radical (unpaired) electrons. The van der Waals surface area contributed by atoms with Gasteiger partial charge in [-0.2, -0.15) is 0 Å². The summed E-state index contributed by atoms with van der Waals surface area (Å²) < 4.78 is 5.26. The summed E-state index contributed by atoms with van der Waals surface area (Å²) >= 11 is 6.02. The Morgan fingerprint density at radius 2 is 2.20 bits per heavy atom. The molecule has 2 N–H and O–H groups in total. The molecule has 1 aromatic heterocycles. The van der Waals surface area contributed by atoms with Crippen LogP contribution in [0, 0.1) is 0 Å². The Morgan fingerprint density at radius 1 is 1.40 bits per heavy atom. The van der Waals surface area contributed by atoms with E-state index in [-0.39, 0.29) is 5.56 Å². The first-order chi connectivity index (χ1) is 9.60. The molecule has 0 bridgehead atoms. The molecule has 1 aromatic carbocycles. The Balaban J connectivity index is 2.21. The van der Waals surface area contributed by atoms with Crippen molar-refractivity contribution >= 4 is 29.1 Å². The van der Waals surface area contributed by atoms with E-state index in [9.17, 15) is 4.79 Å². The minimum absolute atomic E-state index is 0.123. The zero-order valence-electron chi connectivity index (χ0n) is 10.6. The average molecular weight is 294 g/mol. The fourth-order valence-electron chi connectivity index (χ4n) is 1.52. The van der Waals surface area contributed by atoms with Crippen LogP contribution in [0.15, 0.2) is 30.6 Å². The molecule has 104 valence electrons. The van der Waals surface area contributed by atoms with Crippen LogP contribution in [0.4, 0.5) is 11.5 Å². The highest BCUT2D eigenvalue weighted by Crippen LogP contribution is 2.26. The SMILES string of the molecule is CCOc1cc(Nc2ccc(C(=O)O)cc2Cl)ncn1. The molecule has 7 heteroatoms. The second kappa shape index (κ2) is 6.21. The van der Waals surface area contributed by atoms with Gasteiger partial charge in [-0.05, 0) is 25.1 Å². The van der Waals surface area contributed by atoms with E-state index in [4.69, 9.17) is 21.4 Å². The first kappa shape index (κ1) is 14.1. The topological polar surface area (TPSA) is 84.3 Å². The molecule has 0 aliphatic carbocycles. The summed E-state index contributed by atoms with van der Waals surface area (Å²) in [6.45, 7) is 2.36. The highest BCUT2D eigenvalue weighted by molar-refractivity contribution is 6.33. The third-order valence-electron chi connectivity index (χ3n) is 2.41. The van der Waals surface area contributed by atoms with Crippen molar-refractivity contribution in [1.82, 2.24) is 9.97 Å². The maximum Gasteiger partial charge on any atom is 0.335 e. The summed E-state index contributed by atoms with van der Waals surface area (Å²) in [7, 11) is 0. The number of nitrogens with one attached hydrogen (secondary N) is 1. The second-order valence-corrected chi connectivity index (χ2v) is 4.21. The number of hydrogen-bond donors (Lipinski definition) is 2. The lowest BCUT2D eigenvalue weighted by atomic mass is 10.2. The standard InChI is InChI=1S/C13H12ClN3O3/c1-2-20-12-6-11(15-7-16-12)17-10-4-3-8(13(18)19)5-9(10)14/h3-7H,2H2,1H3,(H,18,19)(H,15,16,17). The van der Waals surface area contributed by atoms with Gasteiger partial charge in [-0.1, -0.05) is 11.6 Å². The van der Waals surface area contributed by atoms with Gasteiger partial charge in [0, 0.05) is 6.07 Å². The van der Waals surface area contributed by atoms with Crippen molar-refractivity contribution in [3.8, 4) is 5.88 Å². The second-order valence-electron chi connectivity index (χ2n) is 3.80.